The highest BCUT2D eigenvalue weighted by Crippen LogP contribution is 2.30. The number of rotatable bonds is 3. The van der Waals surface area contributed by atoms with Gasteiger partial charge in [-0.05, 0) is 12.1 Å². The van der Waals surface area contributed by atoms with Crippen LogP contribution in [0.3, 0.4) is 0 Å². The van der Waals surface area contributed by atoms with E-state index in [-0.39, 0.29) is 5.91 Å². The van der Waals surface area contributed by atoms with E-state index in [0.717, 1.165) is 0 Å². The predicted octanol–water partition coefficient (Wildman–Crippen LogP) is 0.642. The number of carbonyl (C=O) groups excluding carboxylic acids is 1. The minimum Gasteiger partial charge on any atom is -0.479 e. The van der Waals surface area contributed by atoms with Gasteiger partial charge in [0.1, 0.15) is 5.69 Å². The number of amides is 1. The Kier molecular flexibility index (Phi) is 3.48. The Morgan fingerprint density at radius 2 is 1.88 bits per heavy atom. The van der Waals surface area contributed by atoms with E-state index in [1.54, 1.807) is 52.4 Å². The van der Waals surface area contributed by atoms with E-state index < -0.39 is 11.5 Å². The Labute approximate surface area is 142 Å². The molecule has 0 aliphatic carbocycles. The summed E-state index contributed by atoms with van der Waals surface area (Å²) in [6.45, 7) is 0.651. The summed E-state index contributed by atoms with van der Waals surface area (Å²) in [5.74, 6) is -0.690. The maximum absolute atomic E-state index is 12.7. The monoisotopic (exact) mass is 340 g/mol. The van der Waals surface area contributed by atoms with Gasteiger partial charge in [0.25, 0.3) is 5.91 Å². The SMILES string of the molecule is O=C(c1cn2cccnc2n1)N1CCC(C(=O)O)(n2cccn2)CC1. The summed E-state index contributed by atoms with van der Waals surface area (Å²) >= 11 is 0. The number of likely N-dealkylation sites (tertiary alicyclic amines) is 1. The third-order valence-electron chi connectivity index (χ3n) is 4.67. The molecule has 0 bridgehead atoms. The predicted molar refractivity (Wildman–Crippen MR) is 86.0 cm³/mol. The van der Waals surface area contributed by atoms with Crippen molar-refractivity contribution < 1.29 is 14.7 Å². The van der Waals surface area contributed by atoms with Crippen molar-refractivity contribution in [1.29, 1.82) is 0 Å². The number of carboxylic acids is 1. The van der Waals surface area contributed by atoms with Crippen LogP contribution in [0.25, 0.3) is 5.78 Å². The number of nitrogens with zero attached hydrogens (tertiary/aromatic N) is 6. The summed E-state index contributed by atoms with van der Waals surface area (Å²) in [6.07, 6.45) is 8.82. The van der Waals surface area contributed by atoms with Crippen molar-refractivity contribution in [3.8, 4) is 0 Å². The van der Waals surface area contributed by atoms with Crippen LogP contribution in [0.1, 0.15) is 23.3 Å². The van der Waals surface area contributed by atoms with Crippen LogP contribution in [-0.4, -0.2) is 59.1 Å². The van der Waals surface area contributed by atoms with Crippen LogP contribution < -0.4 is 0 Å². The molecule has 4 rings (SSSR count). The fourth-order valence-electron chi connectivity index (χ4n) is 3.24. The van der Waals surface area contributed by atoms with Crippen molar-refractivity contribution in [2.24, 2.45) is 0 Å². The van der Waals surface area contributed by atoms with E-state index in [1.807, 2.05) is 0 Å². The van der Waals surface area contributed by atoms with Gasteiger partial charge < -0.3 is 10.0 Å². The zero-order valence-corrected chi connectivity index (χ0v) is 13.3. The molecule has 1 aliphatic heterocycles. The van der Waals surface area contributed by atoms with Crippen molar-refractivity contribution >= 4 is 17.7 Å². The van der Waals surface area contributed by atoms with Gasteiger partial charge in [0, 0.05) is 56.9 Å². The lowest BCUT2D eigenvalue weighted by Gasteiger charge is -2.38. The highest BCUT2D eigenvalue weighted by molar-refractivity contribution is 5.93. The molecule has 1 N–H and O–H groups in total. The molecule has 0 radical (unpaired) electrons. The van der Waals surface area contributed by atoms with Gasteiger partial charge in [0.05, 0.1) is 0 Å². The smallest absolute Gasteiger partial charge is 0.331 e. The van der Waals surface area contributed by atoms with E-state index >= 15 is 0 Å². The molecule has 0 spiro atoms. The Morgan fingerprint density at radius 1 is 1.12 bits per heavy atom. The van der Waals surface area contributed by atoms with Gasteiger partial charge in [-0.15, -0.1) is 0 Å². The molecule has 9 heteroatoms. The first-order valence-corrected chi connectivity index (χ1v) is 7.93. The lowest BCUT2D eigenvalue weighted by atomic mass is 9.87. The summed E-state index contributed by atoms with van der Waals surface area (Å²) in [5.41, 5.74) is -0.804. The van der Waals surface area contributed by atoms with Crippen LogP contribution in [0, 0.1) is 0 Å². The number of piperidine rings is 1. The standard InChI is InChI=1S/C16H16N6O3/c23-13(12-11-21-7-1-5-17-15(21)19-12)20-9-3-16(4-10-20,14(24)25)22-8-2-6-18-22/h1-2,5-8,11H,3-4,9-10H2,(H,24,25). The van der Waals surface area contributed by atoms with Crippen LogP contribution in [0.4, 0.5) is 0 Å². The second-order valence-electron chi connectivity index (χ2n) is 6.03. The van der Waals surface area contributed by atoms with Gasteiger partial charge in [-0.1, -0.05) is 0 Å². The van der Waals surface area contributed by atoms with Crippen LogP contribution in [0.2, 0.25) is 0 Å². The summed E-state index contributed by atoms with van der Waals surface area (Å²) in [7, 11) is 0. The van der Waals surface area contributed by atoms with Crippen molar-refractivity contribution in [2.75, 3.05) is 13.1 Å². The second kappa shape index (κ2) is 5.69. The molecule has 25 heavy (non-hydrogen) atoms. The molecular weight excluding hydrogens is 324 g/mol. The third-order valence-corrected chi connectivity index (χ3v) is 4.67. The molecule has 1 amide bonds. The molecule has 0 aromatic carbocycles. The molecule has 0 saturated carbocycles. The number of imidazole rings is 1. The van der Waals surface area contributed by atoms with E-state index in [0.29, 0.717) is 37.4 Å². The molecule has 3 aromatic rings. The Hall–Kier alpha value is -3.23. The van der Waals surface area contributed by atoms with E-state index in [4.69, 9.17) is 0 Å². The minimum absolute atomic E-state index is 0.218. The van der Waals surface area contributed by atoms with Crippen molar-refractivity contribution in [2.45, 2.75) is 18.4 Å². The average Bonchev–Trinajstić information content (AvgIpc) is 3.30. The molecule has 9 nitrogen and oxygen atoms in total. The van der Waals surface area contributed by atoms with Gasteiger partial charge in [0.15, 0.2) is 5.54 Å². The maximum atomic E-state index is 12.7. The van der Waals surface area contributed by atoms with Crippen molar-refractivity contribution in [3.63, 3.8) is 0 Å². The average molecular weight is 340 g/mol. The summed E-state index contributed by atoms with van der Waals surface area (Å²) < 4.78 is 3.16. The number of aromatic nitrogens is 5. The van der Waals surface area contributed by atoms with Gasteiger partial charge in [-0.2, -0.15) is 5.10 Å². The topological polar surface area (TPSA) is 106 Å². The second-order valence-corrected chi connectivity index (χ2v) is 6.03. The van der Waals surface area contributed by atoms with Gasteiger partial charge in [-0.25, -0.2) is 14.8 Å². The highest BCUT2D eigenvalue weighted by atomic mass is 16.4. The van der Waals surface area contributed by atoms with Crippen LogP contribution in [0.15, 0.2) is 43.1 Å². The number of hydrogen-bond donors (Lipinski definition) is 1. The van der Waals surface area contributed by atoms with Gasteiger partial charge >= 0.3 is 5.97 Å². The van der Waals surface area contributed by atoms with Crippen LogP contribution in [-0.2, 0) is 10.3 Å². The Bertz CT molecular complexity index is 891. The highest BCUT2D eigenvalue weighted by Gasteiger charge is 2.45. The third kappa shape index (κ3) is 2.44. The fraction of sp³-hybridized carbons (Fsp3) is 0.312. The molecule has 1 aliphatic rings. The molecule has 1 saturated heterocycles. The molecular formula is C16H16N6O3. The first-order valence-electron chi connectivity index (χ1n) is 7.93. The summed E-state index contributed by atoms with van der Waals surface area (Å²) in [5, 5.41) is 13.8. The molecule has 0 unspecified atom stereocenters. The number of carbonyl (C=O) groups is 2. The Morgan fingerprint density at radius 3 is 2.52 bits per heavy atom. The van der Waals surface area contributed by atoms with E-state index in [2.05, 4.69) is 15.1 Å². The first-order chi connectivity index (χ1) is 12.1. The normalized spacial score (nSPS) is 16.9. The van der Waals surface area contributed by atoms with Gasteiger partial charge in [0.2, 0.25) is 5.78 Å². The zero-order chi connectivity index (χ0) is 17.4. The number of hydrogen-bond acceptors (Lipinski definition) is 5. The zero-order valence-electron chi connectivity index (χ0n) is 13.3. The van der Waals surface area contributed by atoms with Crippen molar-refractivity contribution in [1.82, 2.24) is 29.0 Å². The largest absolute Gasteiger partial charge is 0.479 e. The quantitative estimate of drug-likeness (QED) is 0.750. The molecule has 0 atom stereocenters. The molecule has 1 fully saturated rings. The van der Waals surface area contributed by atoms with Crippen molar-refractivity contribution in [3.05, 3.63) is 48.8 Å². The lowest BCUT2D eigenvalue weighted by molar-refractivity contribution is -0.150. The number of carboxylic acid groups (broad SMARTS) is 1. The molecule has 3 aromatic heterocycles. The van der Waals surface area contributed by atoms with Crippen LogP contribution >= 0.6 is 0 Å². The number of fused-ring (bicyclic) bond motifs is 1. The van der Waals surface area contributed by atoms with Crippen LogP contribution in [0.5, 0.6) is 0 Å². The lowest BCUT2D eigenvalue weighted by Crippen LogP contribution is -2.52. The fourth-order valence-corrected chi connectivity index (χ4v) is 3.24. The first kappa shape index (κ1) is 15.3. The molecule has 128 valence electrons. The Balaban J connectivity index is 1.54. The minimum atomic E-state index is -1.11. The molecule has 4 heterocycles. The van der Waals surface area contributed by atoms with Gasteiger partial charge in [-0.3, -0.25) is 13.9 Å². The summed E-state index contributed by atoms with van der Waals surface area (Å²) in [4.78, 5) is 34.5. The summed E-state index contributed by atoms with van der Waals surface area (Å²) in [6, 6.07) is 3.46. The number of aliphatic carboxylic acids is 1. The maximum Gasteiger partial charge on any atom is 0.331 e. The van der Waals surface area contributed by atoms with E-state index in [1.165, 1.54) is 4.68 Å². The van der Waals surface area contributed by atoms with E-state index in [9.17, 15) is 14.7 Å².